The molecular formula is C18H16ClN3O2. The van der Waals surface area contributed by atoms with Crippen LogP contribution < -0.4 is 10.2 Å². The topological polar surface area (TPSA) is 66.5 Å². The molecule has 0 bridgehead atoms. The molecule has 3 aromatic rings. The third kappa shape index (κ3) is 3.26. The SMILES string of the molecule is COc1ccc2c(C)c(C(=O)N/N=C\c3ccc(Cl)cc3)[nH]c2c1. The first-order chi connectivity index (χ1) is 11.6. The zero-order valence-electron chi connectivity index (χ0n) is 13.3. The van der Waals surface area contributed by atoms with Gasteiger partial charge in [-0.05, 0) is 42.3 Å². The molecule has 0 saturated carbocycles. The van der Waals surface area contributed by atoms with Gasteiger partial charge >= 0.3 is 0 Å². The number of hydrazone groups is 1. The minimum Gasteiger partial charge on any atom is -0.497 e. The number of aromatic nitrogens is 1. The lowest BCUT2D eigenvalue weighted by molar-refractivity contribution is 0.0950. The zero-order valence-corrected chi connectivity index (χ0v) is 14.0. The second-order valence-corrected chi connectivity index (χ2v) is 5.72. The van der Waals surface area contributed by atoms with Gasteiger partial charge in [-0.3, -0.25) is 4.79 Å². The van der Waals surface area contributed by atoms with Crippen molar-refractivity contribution in [3.8, 4) is 5.75 Å². The van der Waals surface area contributed by atoms with E-state index in [0.717, 1.165) is 27.8 Å². The monoisotopic (exact) mass is 341 g/mol. The largest absolute Gasteiger partial charge is 0.497 e. The van der Waals surface area contributed by atoms with Crippen LogP contribution in [0.15, 0.2) is 47.6 Å². The van der Waals surface area contributed by atoms with Crippen LogP contribution in [0.5, 0.6) is 5.75 Å². The van der Waals surface area contributed by atoms with Crippen LogP contribution >= 0.6 is 11.6 Å². The Labute approximate surface area is 144 Å². The number of aromatic amines is 1. The molecule has 5 nitrogen and oxygen atoms in total. The molecule has 24 heavy (non-hydrogen) atoms. The number of nitrogens with one attached hydrogen (secondary N) is 2. The smallest absolute Gasteiger partial charge is 0.288 e. The van der Waals surface area contributed by atoms with Crippen molar-refractivity contribution in [2.45, 2.75) is 6.92 Å². The fourth-order valence-electron chi connectivity index (χ4n) is 2.44. The van der Waals surface area contributed by atoms with Crippen LogP contribution in [-0.4, -0.2) is 24.2 Å². The highest BCUT2D eigenvalue weighted by molar-refractivity contribution is 6.30. The number of hydrogen-bond donors (Lipinski definition) is 2. The van der Waals surface area contributed by atoms with Crippen molar-refractivity contribution in [3.05, 3.63) is 64.3 Å². The molecule has 0 unspecified atom stereocenters. The van der Waals surface area contributed by atoms with Crippen molar-refractivity contribution >= 4 is 34.6 Å². The average molecular weight is 342 g/mol. The number of carbonyl (C=O) groups is 1. The van der Waals surface area contributed by atoms with Gasteiger partial charge in [0.1, 0.15) is 11.4 Å². The van der Waals surface area contributed by atoms with Gasteiger partial charge < -0.3 is 9.72 Å². The third-order valence-corrected chi connectivity index (χ3v) is 3.99. The Kier molecular flexibility index (Phi) is 4.53. The predicted molar refractivity (Wildman–Crippen MR) is 96.1 cm³/mol. The lowest BCUT2D eigenvalue weighted by Gasteiger charge is -1.99. The van der Waals surface area contributed by atoms with E-state index >= 15 is 0 Å². The molecule has 1 heterocycles. The van der Waals surface area contributed by atoms with Crippen molar-refractivity contribution in [2.24, 2.45) is 5.10 Å². The van der Waals surface area contributed by atoms with Crippen LogP contribution in [0, 0.1) is 6.92 Å². The van der Waals surface area contributed by atoms with E-state index in [1.807, 2.05) is 37.3 Å². The van der Waals surface area contributed by atoms with Gasteiger partial charge in [0.15, 0.2) is 0 Å². The van der Waals surface area contributed by atoms with Crippen molar-refractivity contribution in [1.29, 1.82) is 0 Å². The molecule has 0 saturated heterocycles. The molecule has 1 amide bonds. The zero-order chi connectivity index (χ0) is 17.1. The minimum atomic E-state index is -0.298. The molecule has 3 rings (SSSR count). The van der Waals surface area contributed by atoms with Crippen LogP contribution in [-0.2, 0) is 0 Å². The van der Waals surface area contributed by atoms with Gasteiger partial charge in [-0.25, -0.2) is 5.43 Å². The van der Waals surface area contributed by atoms with Crippen molar-refractivity contribution in [1.82, 2.24) is 10.4 Å². The van der Waals surface area contributed by atoms with E-state index in [2.05, 4.69) is 15.5 Å². The van der Waals surface area contributed by atoms with Gasteiger partial charge in [-0.15, -0.1) is 0 Å². The molecule has 122 valence electrons. The summed E-state index contributed by atoms with van der Waals surface area (Å²) in [5.74, 6) is 0.435. The number of benzene rings is 2. The summed E-state index contributed by atoms with van der Waals surface area (Å²) in [6.07, 6.45) is 1.56. The number of aryl methyl sites for hydroxylation is 1. The summed E-state index contributed by atoms with van der Waals surface area (Å²) >= 11 is 5.83. The summed E-state index contributed by atoms with van der Waals surface area (Å²) < 4.78 is 5.20. The first kappa shape index (κ1) is 16.1. The second kappa shape index (κ2) is 6.76. The van der Waals surface area contributed by atoms with Crippen LogP contribution in [0.3, 0.4) is 0 Å². The van der Waals surface area contributed by atoms with Crippen molar-refractivity contribution < 1.29 is 9.53 Å². The number of ether oxygens (including phenoxy) is 1. The highest BCUT2D eigenvalue weighted by Crippen LogP contribution is 2.25. The van der Waals surface area contributed by atoms with E-state index < -0.39 is 0 Å². The number of hydrogen-bond acceptors (Lipinski definition) is 3. The Morgan fingerprint density at radius 2 is 2.00 bits per heavy atom. The molecular weight excluding hydrogens is 326 g/mol. The Hall–Kier alpha value is -2.79. The standard InChI is InChI=1S/C18H16ClN3O2/c1-11-15-8-7-14(24-2)9-16(15)21-17(11)18(23)22-20-10-12-3-5-13(19)6-4-12/h3-10,21H,1-2H3,(H,22,23)/b20-10-. The Morgan fingerprint density at radius 1 is 1.25 bits per heavy atom. The highest BCUT2D eigenvalue weighted by Gasteiger charge is 2.14. The number of amides is 1. The first-order valence-corrected chi connectivity index (χ1v) is 7.71. The fourth-order valence-corrected chi connectivity index (χ4v) is 2.57. The second-order valence-electron chi connectivity index (χ2n) is 5.29. The maximum absolute atomic E-state index is 12.3. The molecule has 0 atom stereocenters. The van der Waals surface area contributed by atoms with Crippen LogP contribution in [0.1, 0.15) is 21.6 Å². The van der Waals surface area contributed by atoms with Gasteiger partial charge in [-0.1, -0.05) is 23.7 Å². The lowest BCUT2D eigenvalue weighted by Crippen LogP contribution is -2.18. The third-order valence-electron chi connectivity index (χ3n) is 3.74. The van der Waals surface area contributed by atoms with Gasteiger partial charge in [0, 0.05) is 22.0 Å². The van der Waals surface area contributed by atoms with E-state index in [4.69, 9.17) is 16.3 Å². The highest BCUT2D eigenvalue weighted by atomic mass is 35.5. The number of fused-ring (bicyclic) bond motifs is 1. The Balaban J connectivity index is 1.78. The van der Waals surface area contributed by atoms with E-state index in [9.17, 15) is 4.79 Å². The van der Waals surface area contributed by atoms with E-state index in [1.165, 1.54) is 0 Å². The number of H-pyrrole nitrogens is 1. The van der Waals surface area contributed by atoms with Crippen molar-refractivity contribution in [3.63, 3.8) is 0 Å². The van der Waals surface area contributed by atoms with E-state index in [0.29, 0.717) is 10.7 Å². The van der Waals surface area contributed by atoms with E-state index in [-0.39, 0.29) is 5.91 Å². The molecule has 0 radical (unpaired) electrons. The normalized spacial score (nSPS) is 11.1. The molecule has 0 spiro atoms. The predicted octanol–water partition coefficient (Wildman–Crippen LogP) is 3.90. The van der Waals surface area contributed by atoms with Crippen LogP contribution in [0.4, 0.5) is 0 Å². The Morgan fingerprint density at radius 3 is 2.71 bits per heavy atom. The van der Waals surface area contributed by atoms with Gasteiger partial charge in [0.2, 0.25) is 0 Å². The molecule has 0 aliphatic carbocycles. The lowest BCUT2D eigenvalue weighted by atomic mass is 10.1. The number of methoxy groups -OCH3 is 1. The summed E-state index contributed by atoms with van der Waals surface area (Å²) in [4.78, 5) is 15.4. The molecule has 0 aliphatic heterocycles. The molecule has 2 N–H and O–H groups in total. The molecule has 0 aliphatic rings. The molecule has 0 fully saturated rings. The summed E-state index contributed by atoms with van der Waals surface area (Å²) in [7, 11) is 1.61. The molecule has 1 aromatic heterocycles. The number of carbonyl (C=O) groups excluding carboxylic acids is 1. The summed E-state index contributed by atoms with van der Waals surface area (Å²) in [5, 5.41) is 5.61. The number of nitrogens with zero attached hydrogens (tertiary/aromatic N) is 1. The summed E-state index contributed by atoms with van der Waals surface area (Å²) in [6, 6.07) is 12.8. The summed E-state index contributed by atoms with van der Waals surface area (Å²) in [5.41, 5.74) is 5.56. The van der Waals surface area contributed by atoms with Crippen molar-refractivity contribution in [2.75, 3.05) is 7.11 Å². The minimum absolute atomic E-state index is 0.298. The van der Waals surface area contributed by atoms with Gasteiger partial charge in [0.05, 0.1) is 13.3 Å². The van der Waals surface area contributed by atoms with Crippen LogP contribution in [0.25, 0.3) is 10.9 Å². The van der Waals surface area contributed by atoms with Gasteiger partial charge in [0.25, 0.3) is 5.91 Å². The van der Waals surface area contributed by atoms with E-state index in [1.54, 1.807) is 25.5 Å². The maximum atomic E-state index is 12.3. The Bertz CT molecular complexity index is 914. The number of halogens is 1. The molecule has 2 aromatic carbocycles. The fraction of sp³-hybridized carbons (Fsp3) is 0.111. The maximum Gasteiger partial charge on any atom is 0.288 e. The average Bonchev–Trinajstić information content (AvgIpc) is 2.93. The first-order valence-electron chi connectivity index (χ1n) is 7.34. The quantitative estimate of drug-likeness (QED) is 0.558. The van der Waals surface area contributed by atoms with Gasteiger partial charge in [-0.2, -0.15) is 5.10 Å². The van der Waals surface area contributed by atoms with Crippen LogP contribution in [0.2, 0.25) is 5.02 Å². The summed E-state index contributed by atoms with van der Waals surface area (Å²) in [6.45, 7) is 1.89. The number of rotatable bonds is 4. The molecule has 6 heteroatoms.